The first-order valence-electron chi connectivity index (χ1n) is 11.0. The van der Waals surface area contributed by atoms with Gasteiger partial charge in [0.1, 0.15) is 11.8 Å². The summed E-state index contributed by atoms with van der Waals surface area (Å²) in [6.07, 6.45) is 0.331. The van der Waals surface area contributed by atoms with E-state index in [1.165, 1.54) is 4.90 Å². The fraction of sp³-hybridized carbons (Fsp3) is 0.259. The highest BCUT2D eigenvalue weighted by atomic mass is 35.5. The number of nitrogens with zero attached hydrogens (tertiary/aromatic N) is 1. The van der Waals surface area contributed by atoms with Gasteiger partial charge >= 0.3 is 0 Å². The summed E-state index contributed by atoms with van der Waals surface area (Å²) >= 11 is 12.8. The lowest BCUT2D eigenvalue weighted by Crippen LogP contribution is -2.51. The molecule has 0 heterocycles. The third kappa shape index (κ3) is 6.75. The molecule has 0 radical (unpaired) electrons. The van der Waals surface area contributed by atoms with E-state index in [0.717, 1.165) is 16.7 Å². The number of hydrogen-bond acceptors (Lipinski definition) is 3. The zero-order chi connectivity index (χ0) is 24.7. The zero-order valence-corrected chi connectivity index (χ0v) is 21.0. The quantitative estimate of drug-likeness (QED) is 0.431. The maximum absolute atomic E-state index is 13.5. The summed E-state index contributed by atoms with van der Waals surface area (Å²) in [6.45, 7) is 3.77. The van der Waals surface area contributed by atoms with Crippen LogP contribution in [0, 0.1) is 13.8 Å². The first kappa shape index (κ1) is 25.6. The van der Waals surface area contributed by atoms with Gasteiger partial charge in [-0.2, -0.15) is 0 Å². The second-order valence-electron chi connectivity index (χ2n) is 8.15. The molecule has 7 heteroatoms. The van der Waals surface area contributed by atoms with Crippen molar-refractivity contribution in [3.05, 3.63) is 99.0 Å². The van der Waals surface area contributed by atoms with E-state index in [-0.39, 0.29) is 25.0 Å². The van der Waals surface area contributed by atoms with Crippen molar-refractivity contribution < 1.29 is 14.3 Å². The highest BCUT2D eigenvalue weighted by Gasteiger charge is 2.31. The van der Waals surface area contributed by atoms with Crippen molar-refractivity contribution in [1.82, 2.24) is 10.2 Å². The zero-order valence-electron chi connectivity index (χ0n) is 19.5. The minimum Gasteiger partial charge on any atom is -0.484 e. The molecule has 34 heavy (non-hydrogen) atoms. The standard InChI is InChI=1S/C27H28Cl2N2O3/c1-18-12-19(2)14-21(13-18)34-17-26(32)31(16-22-23(28)10-7-11-24(22)29)25(27(33)30-3)15-20-8-5-4-6-9-20/h4-14,25H,15-17H2,1-3H3,(H,30,33)/t25-/m1/s1. The van der Waals surface area contributed by atoms with Crippen LogP contribution < -0.4 is 10.1 Å². The van der Waals surface area contributed by atoms with Crippen LogP contribution in [0.15, 0.2) is 66.7 Å². The number of nitrogens with one attached hydrogen (secondary N) is 1. The molecule has 0 saturated heterocycles. The normalized spacial score (nSPS) is 11.6. The fourth-order valence-corrected chi connectivity index (χ4v) is 4.34. The molecule has 0 aliphatic heterocycles. The minimum absolute atomic E-state index is 0.0679. The summed E-state index contributed by atoms with van der Waals surface area (Å²) in [6, 6.07) is 19.7. The summed E-state index contributed by atoms with van der Waals surface area (Å²) in [7, 11) is 1.55. The molecule has 178 valence electrons. The van der Waals surface area contributed by atoms with Gasteiger partial charge in [-0.1, -0.05) is 65.7 Å². The van der Waals surface area contributed by atoms with Crippen LogP contribution >= 0.6 is 23.2 Å². The molecular formula is C27H28Cl2N2O3. The van der Waals surface area contributed by atoms with Gasteiger partial charge in [-0.3, -0.25) is 9.59 Å². The minimum atomic E-state index is -0.782. The van der Waals surface area contributed by atoms with Crippen LogP contribution in [0.2, 0.25) is 10.0 Å². The molecule has 0 aliphatic carbocycles. The maximum atomic E-state index is 13.5. The Morgan fingerprint density at radius 3 is 2.15 bits per heavy atom. The lowest BCUT2D eigenvalue weighted by Gasteiger charge is -2.31. The maximum Gasteiger partial charge on any atom is 0.261 e. The van der Waals surface area contributed by atoms with E-state index in [0.29, 0.717) is 27.8 Å². The Hall–Kier alpha value is -3.02. The van der Waals surface area contributed by atoms with Gasteiger partial charge in [-0.05, 0) is 54.8 Å². The monoisotopic (exact) mass is 498 g/mol. The van der Waals surface area contributed by atoms with Crippen molar-refractivity contribution in [3.8, 4) is 5.75 Å². The van der Waals surface area contributed by atoms with Crippen molar-refractivity contribution in [2.75, 3.05) is 13.7 Å². The van der Waals surface area contributed by atoms with E-state index in [1.54, 1.807) is 25.2 Å². The second-order valence-corrected chi connectivity index (χ2v) is 8.97. The van der Waals surface area contributed by atoms with Crippen molar-refractivity contribution >= 4 is 35.0 Å². The van der Waals surface area contributed by atoms with Gasteiger partial charge < -0.3 is 15.0 Å². The smallest absolute Gasteiger partial charge is 0.261 e. The van der Waals surface area contributed by atoms with Crippen LogP contribution in [0.25, 0.3) is 0 Å². The number of rotatable bonds is 9. The summed E-state index contributed by atoms with van der Waals surface area (Å²) in [5.41, 5.74) is 3.57. The second kappa shape index (κ2) is 11.9. The number of ether oxygens (including phenoxy) is 1. The molecule has 5 nitrogen and oxygen atoms in total. The van der Waals surface area contributed by atoms with Crippen molar-refractivity contribution in [3.63, 3.8) is 0 Å². The molecule has 2 amide bonds. The molecule has 1 atom stereocenters. The summed E-state index contributed by atoms with van der Waals surface area (Å²) in [5, 5.41) is 3.54. The van der Waals surface area contributed by atoms with Crippen LogP contribution in [0.1, 0.15) is 22.3 Å². The molecule has 0 aliphatic rings. The van der Waals surface area contributed by atoms with Crippen LogP contribution in [0.4, 0.5) is 0 Å². The highest BCUT2D eigenvalue weighted by Crippen LogP contribution is 2.27. The van der Waals surface area contributed by atoms with E-state index in [4.69, 9.17) is 27.9 Å². The van der Waals surface area contributed by atoms with E-state index in [1.807, 2.05) is 62.4 Å². The average Bonchev–Trinajstić information content (AvgIpc) is 2.81. The predicted octanol–water partition coefficient (Wildman–Crippen LogP) is 5.38. The Morgan fingerprint density at radius 2 is 1.56 bits per heavy atom. The summed E-state index contributed by atoms with van der Waals surface area (Å²) in [5.74, 6) is -0.0346. The van der Waals surface area contributed by atoms with E-state index < -0.39 is 6.04 Å². The SMILES string of the molecule is CNC(=O)[C@@H](Cc1ccccc1)N(Cc1c(Cl)cccc1Cl)C(=O)COc1cc(C)cc(C)c1. The van der Waals surface area contributed by atoms with Gasteiger partial charge in [0, 0.05) is 35.6 Å². The van der Waals surface area contributed by atoms with Gasteiger partial charge in [-0.25, -0.2) is 0 Å². The molecule has 1 N–H and O–H groups in total. The Balaban J connectivity index is 1.93. The van der Waals surface area contributed by atoms with Crippen molar-refractivity contribution in [2.45, 2.75) is 32.9 Å². The number of benzene rings is 3. The molecule has 0 aromatic heterocycles. The first-order chi connectivity index (χ1) is 16.3. The number of hydrogen-bond donors (Lipinski definition) is 1. The summed E-state index contributed by atoms with van der Waals surface area (Å²) in [4.78, 5) is 28.0. The molecule has 0 bridgehead atoms. The molecule has 0 unspecified atom stereocenters. The van der Waals surface area contributed by atoms with E-state index in [9.17, 15) is 9.59 Å². The fourth-order valence-electron chi connectivity index (χ4n) is 3.82. The number of carbonyl (C=O) groups is 2. The molecule has 3 aromatic rings. The first-order valence-corrected chi connectivity index (χ1v) is 11.7. The number of aryl methyl sites for hydroxylation is 2. The third-order valence-electron chi connectivity index (χ3n) is 5.47. The number of carbonyl (C=O) groups excluding carboxylic acids is 2. The average molecular weight is 499 g/mol. The highest BCUT2D eigenvalue weighted by molar-refractivity contribution is 6.36. The van der Waals surface area contributed by atoms with Gasteiger partial charge in [-0.15, -0.1) is 0 Å². The van der Waals surface area contributed by atoms with Gasteiger partial charge in [0.25, 0.3) is 5.91 Å². The molecule has 0 saturated carbocycles. The van der Waals surface area contributed by atoms with Gasteiger partial charge in [0.15, 0.2) is 6.61 Å². The molecule has 3 aromatic carbocycles. The Bertz CT molecular complexity index is 1110. The lowest BCUT2D eigenvalue weighted by molar-refractivity contribution is -0.142. The van der Waals surface area contributed by atoms with Crippen molar-refractivity contribution in [1.29, 1.82) is 0 Å². The van der Waals surface area contributed by atoms with Crippen LogP contribution in [-0.2, 0) is 22.6 Å². The number of halogens is 2. The van der Waals surface area contributed by atoms with Crippen LogP contribution in [-0.4, -0.2) is 36.4 Å². The van der Waals surface area contributed by atoms with E-state index >= 15 is 0 Å². The predicted molar refractivity (Wildman–Crippen MR) is 136 cm³/mol. The largest absolute Gasteiger partial charge is 0.484 e. The molecular weight excluding hydrogens is 471 g/mol. The molecule has 0 spiro atoms. The third-order valence-corrected chi connectivity index (χ3v) is 6.17. The lowest BCUT2D eigenvalue weighted by atomic mass is 10.0. The molecule has 0 fully saturated rings. The topological polar surface area (TPSA) is 58.6 Å². The Morgan fingerprint density at radius 1 is 0.941 bits per heavy atom. The van der Waals surface area contributed by atoms with Crippen LogP contribution in [0.3, 0.4) is 0 Å². The van der Waals surface area contributed by atoms with Gasteiger partial charge in [0.2, 0.25) is 5.91 Å². The summed E-state index contributed by atoms with van der Waals surface area (Å²) < 4.78 is 5.83. The Labute approximate surface area is 210 Å². The van der Waals surface area contributed by atoms with Crippen LogP contribution in [0.5, 0.6) is 5.75 Å². The van der Waals surface area contributed by atoms with Crippen molar-refractivity contribution in [2.24, 2.45) is 0 Å². The Kier molecular flexibility index (Phi) is 8.97. The van der Waals surface area contributed by atoms with Gasteiger partial charge in [0.05, 0.1) is 0 Å². The van der Waals surface area contributed by atoms with E-state index in [2.05, 4.69) is 5.32 Å². The molecule has 3 rings (SSSR count). The number of likely N-dealkylation sites (N-methyl/N-ethyl adjacent to an activating group) is 1. The number of amides is 2.